The van der Waals surface area contributed by atoms with Crippen molar-refractivity contribution in [3.8, 4) is 0 Å². The first-order valence-electron chi connectivity index (χ1n) is 3.97. The highest BCUT2D eigenvalue weighted by Crippen LogP contribution is 2.23. The molecule has 0 fully saturated rings. The molecule has 4 heteroatoms. The molecule has 0 radical (unpaired) electrons. The van der Waals surface area contributed by atoms with E-state index >= 15 is 0 Å². The topological polar surface area (TPSA) is 78.3 Å². The quantitative estimate of drug-likeness (QED) is 0.651. The van der Waals surface area contributed by atoms with Crippen LogP contribution in [0.3, 0.4) is 0 Å². The molecule has 0 saturated carbocycles. The molecule has 0 heterocycles. The van der Waals surface area contributed by atoms with Crippen LogP contribution in [-0.4, -0.2) is 18.2 Å². The molecule has 4 nitrogen and oxygen atoms in total. The third-order valence-corrected chi connectivity index (χ3v) is 1.57. The van der Waals surface area contributed by atoms with Gasteiger partial charge in [-0.1, -0.05) is 20.8 Å². The molecule has 1 unspecified atom stereocenters. The highest BCUT2D eigenvalue weighted by molar-refractivity contribution is 5.64. The monoisotopic (exact) mass is 174 g/mol. The van der Waals surface area contributed by atoms with Gasteiger partial charge in [0.2, 0.25) is 0 Å². The summed E-state index contributed by atoms with van der Waals surface area (Å²) in [5.41, 5.74) is 10.4. The molecular weight excluding hydrogens is 156 g/mol. The van der Waals surface area contributed by atoms with Crippen LogP contribution in [0, 0.1) is 5.41 Å². The molecule has 0 aromatic heterocycles. The van der Waals surface area contributed by atoms with Crippen LogP contribution in [0.5, 0.6) is 0 Å². The fourth-order valence-corrected chi connectivity index (χ4v) is 1.20. The van der Waals surface area contributed by atoms with Gasteiger partial charge in [-0.05, 0) is 6.92 Å². The molecule has 0 rings (SSSR count). The van der Waals surface area contributed by atoms with Gasteiger partial charge in [0.05, 0.1) is 0 Å². The smallest absolute Gasteiger partial charge is 0.404 e. The maximum Gasteiger partial charge on any atom is 0.404 e. The number of carbonyl (C=O) groups excluding carboxylic acids is 1. The van der Waals surface area contributed by atoms with Crippen LogP contribution in [-0.2, 0) is 4.74 Å². The lowest BCUT2D eigenvalue weighted by molar-refractivity contribution is 0.0235. The second-order valence-corrected chi connectivity index (χ2v) is 4.08. The fourth-order valence-electron chi connectivity index (χ4n) is 1.20. The molecule has 0 aliphatic carbocycles. The standard InChI is InChI=1S/C8H18N2O2/c1-5(9)6(8(2,3)4)12-7(10)11/h5-6H,9H2,1-4H3,(H2,10,11)/t5-,6?/m1/s1. The summed E-state index contributed by atoms with van der Waals surface area (Å²) >= 11 is 0. The minimum absolute atomic E-state index is 0.177. The number of ether oxygens (including phenoxy) is 1. The molecule has 2 atom stereocenters. The van der Waals surface area contributed by atoms with Crippen LogP contribution in [0.4, 0.5) is 4.79 Å². The summed E-state index contributed by atoms with van der Waals surface area (Å²) < 4.78 is 4.89. The zero-order valence-corrected chi connectivity index (χ0v) is 8.13. The van der Waals surface area contributed by atoms with Crippen molar-refractivity contribution in [3.63, 3.8) is 0 Å². The van der Waals surface area contributed by atoms with E-state index in [9.17, 15) is 4.79 Å². The predicted molar refractivity (Wildman–Crippen MR) is 47.6 cm³/mol. The lowest BCUT2D eigenvalue weighted by Gasteiger charge is -2.32. The molecule has 72 valence electrons. The van der Waals surface area contributed by atoms with Gasteiger partial charge in [0.1, 0.15) is 6.10 Å². The van der Waals surface area contributed by atoms with E-state index in [1.165, 1.54) is 0 Å². The van der Waals surface area contributed by atoms with Gasteiger partial charge in [-0.15, -0.1) is 0 Å². The van der Waals surface area contributed by atoms with Gasteiger partial charge in [-0.2, -0.15) is 0 Å². The number of nitrogens with two attached hydrogens (primary N) is 2. The second-order valence-electron chi connectivity index (χ2n) is 4.08. The van der Waals surface area contributed by atoms with Crippen molar-refractivity contribution in [2.75, 3.05) is 0 Å². The van der Waals surface area contributed by atoms with Crippen molar-refractivity contribution >= 4 is 6.09 Å². The molecular formula is C8H18N2O2. The third kappa shape index (κ3) is 3.57. The number of hydrogen-bond donors (Lipinski definition) is 2. The lowest BCUT2D eigenvalue weighted by Crippen LogP contribution is -2.45. The SMILES string of the molecule is C[C@@H](N)C(OC(N)=O)C(C)(C)C. The summed E-state index contributed by atoms with van der Waals surface area (Å²) in [7, 11) is 0. The van der Waals surface area contributed by atoms with Gasteiger partial charge in [0, 0.05) is 11.5 Å². The Morgan fingerprint density at radius 3 is 1.92 bits per heavy atom. The van der Waals surface area contributed by atoms with Crippen LogP contribution in [0.15, 0.2) is 0 Å². The third-order valence-electron chi connectivity index (χ3n) is 1.57. The summed E-state index contributed by atoms with van der Waals surface area (Å²) in [4.78, 5) is 10.5. The minimum atomic E-state index is -0.771. The predicted octanol–water partition coefficient (Wildman–Crippen LogP) is 0.844. The molecule has 12 heavy (non-hydrogen) atoms. The lowest BCUT2D eigenvalue weighted by atomic mass is 9.85. The van der Waals surface area contributed by atoms with E-state index < -0.39 is 6.09 Å². The van der Waals surface area contributed by atoms with E-state index in [1.54, 1.807) is 6.92 Å². The summed E-state index contributed by atoms with van der Waals surface area (Å²) in [6.45, 7) is 7.64. The molecule has 0 saturated heterocycles. The maximum absolute atomic E-state index is 10.5. The van der Waals surface area contributed by atoms with Crippen LogP contribution in [0.25, 0.3) is 0 Å². The zero-order chi connectivity index (χ0) is 9.94. The van der Waals surface area contributed by atoms with Crippen molar-refractivity contribution in [2.45, 2.75) is 39.8 Å². The Kier molecular flexibility index (Phi) is 3.52. The first-order valence-corrected chi connectivity index (χ1v) is 3.97. The molecule has 1 amide bonds. The number of primary amides is 1. The zero-order valence-electron chi connectivity index (χ0n) is 8.13. The van der Waals surface area contributed by atoms with E-state index in [2.05, 4.69) is 0 Å². The van der Waals surface area contributed by atoms with E-state index in [0.717, 1.165) is 0 Å². The Bertz CT molecular complexity index is 161. The Labute approximate surface area is 73.2 Å². The summed E-state index contributed by atoms with van der Waals surface area (Å²) in [6.07, 6.45) is -1.11. The number of carbonyl (C=O) groups is 1. The summed E-state index contributed by atoms with van der Waals surface area (Å²) in [6, 6.07) is -0.211. The van der Waals surface area contributed by atoms with Crippen molar-refractivity contribution in [2.24, 2.45) is 16.9 Å². The number of rotatable bonds is 2. The Morgan fingerprint density at radius 2 is 1.83 bits per heavy atom. The summed E-state index contributed by atoms with van der Waals surface area (Å²) in [5, 5.41) is 0. The molecule has 4 N–H and O–H groups in total. The van der Waals surface area contributed by atoms with Crippen LogP contribution < -0.4 is 11.5 Å². The highest BCUT2D eigenvalue weighted by Gasteiger charge is 2.30. The highest BCUT2D eigenvalue weighted by atomic mass is 16.6. The average Bonchev–Trinajstić information content (AvgIpc) is 1.79. The van der Waals surface area contributed by atoms with E-state index in [-0.39, 0.29) is 17.6 Å². The van der Waals surface area contributed by atoms with Crippen molar-refractivity contribution in [1.29, 1.82) is 0 Å². The Hall–Kier alpha value is -0.770. The van der Waals surface area contributed by atoms with Gasteiger partial charge >= 0.3 is 6.09 Å². The first kappa shape index (κ1) is 11.2. The van der Waals surface area contributed by atoms with Gasteiger partial charge < -0.3 is 16.2 Å². The largest absolute Gasteiger partial charge is 0.444 e. The molecule has 0 aromatic rings. The van der Waals surface area contributed by atoms with Crippen LogP contribution >= 0.6 is 0 Å². The minimum Gasteiger partial charge on any atom is -0.444 e. The fraction of sp³-hybridized carbons (Fsp3) is 0.875. The Balaban J connectivity index is 4.35. The van der Waals surface area contributed by atoms with E-state index in [0.29, 0.717) is 0 Å². The van der Waals surface area contributed by atoms with Crippen molar-refractivity contribution < 1.29 is 9.53 Å². The van der Waals surface area contributed by atoms with Gasteiger partial charge in [0.15, 0.2) is 0 Å². The molecule has 0 aliphatic heterocycles. The number of amides is 1. The second kappa shape index (κ2) is 3.76. The molecule has 0 aromatic carbocycles. The van der Waals surface area contributed by atoms with E-state index in [4.69, 9.17) is 16.2 Å². The number of hydrogen-bond acceptors (Lipinski definition) is 3. The van der Waals surface area contributed by atoms with Gasteiger partial charge in [0.25, 0.3) is 0 Å². The molecule has 0 aliphatic rings. The van der Waals surface area contributed by atoms with Crippen LogP contribution in [0.2, 0.25) is 0 Å². The van der Waals surface area contributed by atoms with Crippen molar-refractivity contribution in [3.05, 3.63) is 0 Å². The van der Waals surface area contributed by atoms with Gasteiger partial charge in [-0.25, -0.2) is 4.79 Å². The average molecular weight is 174 g/mol. The normalized spacial score (nSPS) is 16.8. The Morgan fingerprint density at radius 1 is 1.42 bits per heavy atom. The first-order chi connectivity index (χ1) is 5.25. The maximum atomic E-state index is 10.5. The van der Waals surface area contributed by atoms with Crippen LogP contribution in [0.1, 0.15) is 27.7 Å². The van der Waals surface area contributed by atoms with E-state index in [1.807, 2.05) is 20.8 Å². The summed E-state index contributed by atoms with van der Waals surface area (Å²) in [5.74, 6) is 0. The molecule has 0 spiro atoms. The molecule has 0 bridgehead atoms. The van der Waals surface area contributed by atoms with Crippen molar-refractivity contribution in [1.82, 2.24) is 0 Å². The van der Waals surface area contributed by atoms with Gasteiger partial charge in [-0.3, -0.25) is 0 Å².